The Kier molecular flexibility index (Phi) is 5.72. The quantitative estimate of drug-likeness (QED) is 0.486. The molecule has 3 N–H and O–H groups in total. The van der Waals surface area contributed by atoms with Crippen LogP contribution < -0.4 is 10.6 Å². The van der Waals surface area contributed by atoms with Gasteiger partial charge in [-0.25, -0.2) is 4.79 Å². The lowest BCUT2D eigenvalue weighted by Gasteiger charge is -2.02. The molecular weight excluding hydrogens is 164 g/mol. The standard InChI is InChI=1S/C6H12N2O4/c1-12-4-8-5(9)2-3-7-6(10)11/h7H,2-4H2,1H3,(H,8,9)(H,10,11). The number of carbonyl (C=O) groups is 2. The van der Waals surface area contributed by atoms with E-state index in [1.165, 1.54) is 7.11 Å². The van der Waals surface area contributed by atoms with E-state index in [2.05, 4.69) is 15.4 Å². The van der Waals surface area contributed by atoms with Gasteiger partial charge in [0.15, 0.2) is 0 Å². The number of carboxylic acid groups (broad SMARTS) is 1. The topological polar surface area (TPSA) is 87.7 Å². The molecule has 2 amide bonds. The zero-order valence-corrected chi connectivity index (χ0v) is 6.79. The highest BCUT2D eigenvalue weighted by Gasteiger charge is 2.00. The highest BCUT2D eigenvalue weighted by molar-refractivity contribution is 5.76. The van der Waals surface area contributed by atoms with Crippen LogP contribution in [0, 0.1) is 0 Å². The molecule has 70 valence electrons. The number of rotatable bonds is 5. The fourth-order valence-electron chi connectivity index (χ4n) is 0.524. The minimum absolute atomic E-state index is 0.116. The number of hydrogen-bond donors (Lipinski definition) is 3. The zero-order chi connectivity index (χ0) is 9.40. The largest absolute Gasteiger partial charge is 0.465 e. The van der Waals surface area contributed by atoms with E-state index in [1.54, 1.807) is 0 Å². The van der Waals surface area contributed by atoms with E-state index in [0.717, 1.165) is 0 Å². The summed E-state index contributed by atoms with van der Waals surface area (Å²) in [6.07, 6.45) is -1.01. The van der Waals surface area contributed by atoms with Gasteiger partial charge in [0.1, 0.15) is 6.73 Å². The monoisotopic (exact) mass is 176 g/mol. The van der Waals surface area contributed by atoms with Crippen molar-refractivity contribution >= 4 is 12.0 Å². The van der Waals surface area contributed by atoms with Gasteiger partial charge in [0, 0.05) is 20.1 Å². The van der Waals surface area contributed by atoms with Crippen molar-refractivity contribution < 1.29 is 19.4 Å². The first-order valence-corrected chi connectivity index (χ1v) is 3.39. The number of hydrogen-bond acceptors (Lipinski definition) is 3. The lowest BCUT2D eigenvalue weighted by Crippen LogP contribution is -2.30. The molecule has 12 heavy (non-hydrogen) atoms. The van der Waals surface area contributed by atoms with E-state index >= 15 is 0 Å². The number of amides is 2. The lowest BCUT2D eigenvalue weighted by molar-refractivity contribution is -0.122. The second-order valence-corrected chi connectivity index (χ2v) is 2.01. The number of carbonyl (C=O) groups excluding carboxylic acids is 1. The van der Waals surface area contributed by atoms with Gasteiger partial charge >= 0.3 is 6.09 Å². The lowest BCUT2D eigenvalue weighted by atomic mass is 10.4. The number of ether oxygens (including phenoxy) is 1. The summed E-state index contributed by atoms with van der Waals surface area (Å²) < 4.78 is 4.57. The second-order valence-electron chi connectivity index (χ2n) is 2.01. The summed E-state index contributed by atoms with van der Waals surface area (Å²) in [6, 6.07) is 0. The summed E-state index contributed by atoms with van der Waals surface area (Å²) in [5.41, 5.74) is 0. The molecule has 0 unspecified atom stereocenters. The highest BCUT2D eigenvalue weighted by atomic mass is 16.5. The maximum atomic E-state index is 10.8. The molecule has 0 aromatic carbocycles. The van der Waals surface area contributed by atoms with Crippen LogP contribution in [0.5, 0.6) is 0 Å². The van der Waals surface area contributed by atoms with Gasteiger partial charge in [0.2, 0.25) is 5.91 Å². The average Bonchev–Trinajstić information content (AvgIpc) is 2.00. The third kappa shape index (κ3) is 6.81. The summed E-state index contributed by atoms with van der Waals surface area (Å²) in [5.74, 6) is -0.245. The summed E-state index contributed by atoms with van der Waals surface area (Å²) in [5, 5.41) is 12.6. The molecule has 0 aliphatic rings. The van der Waals surface area contributed by atoms with E-state index in [1.807, 2.05) is 0 Å². The molecule has 0 aromatic rings. The third-order valence-electron chi connectivity index (χ3n) is 1.04. The molecule has 0 fully saturated rings. The van der Waals surface area contributed by atoms with Crippen molar-refractivity contribution in [2.75, 3.05) is 20.4 Å². The Hall–Kier alpha value is -1.30. The maximum absolute atomic E-state index is 10.8. The van der Waals surface area contributed by atoms with Gasteiger partial charge in [-0.2, -0.15) is 0 Å². The molecule has 0 radical (unpaired) electrons. The predicted molar refractivity (Wildman–Crippen MR) is 40.7 cm³/mol. The van der Waals surface area contributed by atoms with Crippen LogP contribution in [-0.2, 0) is 9.53 Å². The molecule has 0 saturated heterocycles. The molecule has 0 aliphatic heterocycles. The average molecular weight is 176 g/mol. The molecule has 0 aromatic heterocycles. The second kappa shape index (κ2) is 6.41. The number of nitrogens with one attached hydrogen (secondary N) is 2. The first-order chi connectivity index (χ1) is 5.66. The molecule has 0 saturated carbocycles. The fraction of sp³-hybridized carbons (Fsp3) is 0.667. The van der Waals surface area contributed by atoms with E-state index in [9.17, 15) is 9.59 Å². The first kappa shape index (κ1) is 10.7. The Bertz CT molecular complexity index is 160. The van der Waals surface area contributed by atoms with Crippen LogP contribution in [-0.4, -0.2) is 37.5 Å². The van der Waals surface area contributed by atoms with Crippen molar-refractivity contribution in [2.24, 2.45) is 0 Å². The third-order valence-corrected chi connectivity index (χ3v) is 1.04. The summed E-state index contributed by atoms with van der Waals surface area (Å²) in [4.78, 5) is 20.7. The van der Waals surface area contributed by atoms with Gasteiger partial charge in [0.05, 0.1) is 0 Å². The Morgan fingerprint density at radius 3 is 2.58 bits per heavy atom. The first-order valence-electron chi connectivity index (χ1n) is 3.39. The molecule has 0 atom stereocenters. The van der Waals surface area contributed by atoms with Gasteiger partial charge in [-0.05, 0) is 0 Å². The molecule has 0 spiro atoms. The smallest absolute Gasteiger partial charge is 0.404 e. The minimum atomic E-state index is -1.13. The molecule has 6 nitrogen and oxygen atoms in total. The van der Waals surface area contributed by atoms with Crippen LogP contribution in [0.4, 0.5) is 4.79 Å². The molecule has 0 aliphatic carbocycles. The maximum Gasteiger partial charge on any atom is 0.404 e. The van der Waals surface area contributed by atoms with E-state index < -0.39 is 6.09 Å². The Balaban J connectivity index is 3.25. The van der Waals surface area contributed by atoms with Crippen LogP contribution >= 0.6 is 0 Å². The molecule has 0 rings (SSSR count). The van der Waals surface area contributed by atoms with Gasteiger partial charge in [0.25, 0.3) is 0 Å². The summed E-state index contributed by atoms with van der Waals surface area (Å²) >= 11 is 0. The summed E-state index contributed by atoms with van der Waals surface area (Å²) in [6.45, 7) is 0.261. The molecule has 0 bridgehead atoms. The zero-order valence-electron chi connectivity index (χ0n) is 6.79. The van der Waals surface area contributed by atoms with Crippen LogP contribution in [0.2, 0.25) is 0 Å². The van der Waals surface area contributed by atoms with Gasteiger partial charge < -0.3 is 20.5 Å². The Labute approximate surface area is 69.9 Å². The Morgan fingerprint density at radius 2 is 2.08 bits per heavy atom. The fourth-order valence-corrected chi connectivity index (χ4v) is 0.524. The minimum Gasteiger partial charge on any atom is -0.465 e. The predicted octanol–water partition coefficient (Wildman–Crippen LogP) is -0.636. The van der Waals surface area contributed by atoms with Crippen LogP contribution in [0.1, 0.15) is 6.42 Å². The van der Waals surface area contributed by atoms with Crippen molar-refractivity contribution in [3.63, 3.8) is 0 Å². The van der Waals surface area contributed by atoms with Crippen molar-refractivity contribution in [2.45, 2.75) is 6.42 Å². The van der Waals surface area contributed by atoms with Gasteiger partial charge in [-0.1, -0.05) is 0 Å². The van der Waals surface area contributed by atoms with E-state index in [-0.39, 0.29) is 25.6 Å². The highest BCUT2D eigenvalue weighted by Crippen LogP contribution is 1.76. The normalized spacial score (nSPS) is 9.08. The van der Waals surface area contributed by atoms with Crippen molar-refractivity contribution in [1.82, 2.24) is 10.6 Å². The number of methoxy groups -OCH3 is 1. The van der Waals surface area contributed by atoms with E-state index in [4.69, 9.17) is 5.11 Å². The molecule has 0 heterocycles. The van der Waals surface area contributed by atoms with Crippen molar-refractivity contribution in [3.8, 4) is 0 Å². The van der Waals surface area contributed by atoms with Gasteiger partial charge in [-0.15, -0.1) is 0 Å². The van der Waals surface area contributed by atoms with Crippen LogP contribution in [0.3, 0.4) is 0 Å². The molecule has 6 heteroatoms. The van der Waals surface area contributed by atoms with Crippen LogP contribution in [0.15, 0.2) is 0 Å². The van der Waals surface area contributed by atoms with E-state index in [0.29, 0.717) is 0 Å². The van der Waals surface area contributed by atoms with Gasteiger partial charge in [-0.3, -0.25) is 4.79 Å². The summed E-state index contributed by atoms with van der Waals surface area (Å²) in [7, 11) is 1.45. The molecular formula is C6H12N2O4. The van der Waals surface area contributed by atoms with Crippen LogP contribution in [0.25, 0.3) is 0 Å². The van der Waals surface area contributed by atoms with Crippen molar-refractivity contribution in [1.29, 1.82) is 0 Å². The SMILES string of the molecule is COCNC(=O)CCNC(=O)O. The Morgan fingerprint density at radius 1 is 1.42 bits per heavy atom. The van der Waals surface area contributed by atoms with Crippen molar-refractivity contribution in [3.05, 3.63) is 0 Å².